The number of aryl methyl sites for hydroxylation is 1. The second-order valence-electron chi connectivity index (χ2n) is 7.72. The molecule has 2 heterocycles. The Labute approximate surface area is 191 Å². The predicted molar refractivity (Wildman–Crippen MR) is 130 cm³/mol. The maximum atomic E-state index is 12.5. The third-order valence-electron chi connectivity index (χ3n) is 5.39. The van der Waals surface area contributed by atoms with Crippen LogP contribution in [0.5, 0.6) is 11.5 Å². The number of rotatable bonds is 6. The van der Waals surface area contributed by atoms with Gasteiger partial charge >= 0.3 is 6.03 Å². The standard InChI is InChI=1S/C26H23N5O2/c1-30-22(17-31-14-13-27-18-31)16-19-15-21(9-12-25(19)30)29-26(32)28-20-7-10-24(11-8-20)33-23-5-3-2-4-6-23/h2-16,18H,17H2,1H3,(H2,28,29,32). The van der Waals surface area contributed by atoms with Crippen LogP contribution in [-0.2, 0) is 13.6 Å². The van der Waals surface area contributed by atoms with E-state index in [1.807, 2.05) is 78.5 Å². The number of imidazole rings is 1. The number of aromatic nitrogens is 3. The Morgan fingerprint density at radius 3 is 2.39 bits per heavy atom. The third-order valence-corrected chi connectivity index (χ3v) is 5.39. The Balaban J connectivity index is 1.23. The molecule has 0 fully saturated rings. The van der Waals surface area contributed by atoms with Crippen molar-refractivity contribution in [2.75, 3.05) is 10.6 Å². The first kappa shape index (κ1) is 20.4. The highest BCUT2D eigenvalue weighted by Crippen LogP contribution is 2.25. The van der Waals surface area contributed by atoms with Gasteiger partial charge in [0.25, 0.3) is 0 Å². The number of carbonyl (C=O) groups excluding carboxylic acids is 1. The summed E-state index contributed by atoms with van der Waals surface area (Å²) in [5, 5.41) is 6.82. The van der Waals surface area contributed by atoms with Crippen LogP contribution >= 0.6 is 0 Å². The second kappa shape index (κ2) is 8.92. The number of para-hydroxylation sites is 1. The maximum Gasteiger partial charge on any atom is 0.323 e. The van der Waals surface area contributed by atoms with Gasteiger partial charge in [-0.25, -0.2) is 9.78 Å². The van der Waals surface area contributed by atoms with Gasteiger partial charge in [-0.15, -0.1) is 0 Å². The van der Waals surface area contributed by atoms with Crippen LogP contribution in [0.25, 0.3) is 10.9 Å². The molecule has 0 radical (unpaired) electrons. The molecule has 7 heteroatoms. The van der Waals surface area contributed by atoms with Crippen LogP contribution in [0, 0.1) is 0 Å². The molecule has 0 saturated carbocycles. The van der Waals surface area contributed by atoms with Crippen molar-refractivity contribution >= 4 is 28.3 Å². The van der Waals surface area contributed by atoms with Gasteiger partial charge in [-0.1, -0.05) is 18.2 Å². The van der Waals surface area contributed by atoms with Gasteiger partial charge in [-0.05, 0) is 60.7 Å². The molecule has 2 amide bonds. The topological polar surface area (TPSA) is 73.1 Å². The highest BCUT2D eigenvalue weighted by molar-refractivity contribution is 6.01. The molecule has 0 unspecified atom stereocenters. The van der Waals surface area contributed by atoms with Crippen LogP contribution in [-0.4, -0.2) is 20.1 Å². The van der Waals surface area contributed by atoms with E-state index >= 15 is 0 Å². The molecule has 33 heavy (non-hydrogen) atoms. The Morgan fingerprint density at radius 1 is 0.909 bits per heavy atom. The first-order chi connectivity index (χ1) is 16.1. The molecule has 2 N–H and O–H groups in total. The number of anilines is 2. The van der Waals surface area contributed by atoms with Crippen molar-refractivity contribution in [2.45, 2.75) is 6.54 Å². The SMILES string of the molecule is Cn1c(Cn2ccnc2)cc2cc(NC(=O)Nc3ccc(Oc4ccccc4)cc3)ccc21. The highest BCUT2D eigenvalue weighted by Gasteiger charge is 2.09. The minimum atomic E-state index is -0.305. The van der Waals surface area contributed by atoms with Crippen LogP contribution < -0.4 is 15.4 Å². The molecule has 0 atom stereocenters. The molecule has 0 aliphatic rings. The molecule has 2 aromatic heterocycles. The van der Waals surface area contributed by atoms with Crippen molar-refractivity contribution in [3.63, 3.8) is 0 Å². The van der Waals surface area contributed by atoms with Gasteiger partial charge in [0.05, 0.1) is 12.9 Å². The average Bonchev–Trinajstić information content (AvgIpc) is 3.44. The van der Waals surface area contributed by atoms with E-state index in [2.05, 4.69) is 26.3 Å². The molecule has 3 aromatic carbocycles. The monoisotopic (exact) mass is 437 g/mol. The normalized spacial score (nSPS) is 10.8. The van der Waals surface area contributed by atoms with E-state index in [0.29, 0.717) is 11.4 Å². The van der Waals surface area contributed by atoms with Gasteiger partial charge in [-0.2, -0.15) is 0 Å². The van der Waals surface area contributed by atoms with E-state index in [0.717, 1.165) is 34.6 Å². The van der Waals surface area contributed by atoms with Crippen molar-refractivity contribution in [3.05, 3.63) is 103 Å². The van der Waals surface area contributed by atoms with Crippen molar-refractivity contribution in [3.8, 4) is 11.5 Å². The average molecular weight is 438 g/mol. The van der Waals surface area contributed by atoms with E-state index in [4.69, 9.17) is 4.74 Å². The Morgan fingerprint density at radius 2 is 1.64 bits per heavy atom. The van der Waals surface area contributed by atoms with E-state index in [1.54, 1.807) is 24.7 Å². The fraction of sp³-hybridized carbons (Fsp3) is 0.0769. The Bertz CT molecular complexity index is 1370. The fourth-order valence-electron chi connectivity index (χ4n) is 3.73. The minimum Gasteiger partial charge on any atom is -0.457 e. The van der Waals surface area contributed by atoms with Crippen LogP contribution in [0.2, 0.25) is 0 Å². The number of carbonyl (C=O) groups is 1. The molecular formula is C26H23N5O2. The summed E-state index contributed by atoms with van der Waals surface area (Å²) in [7, 11) is 2.04. The first-order valence-electron chi connectivity index (χ1n) is 10.6. The lowest BCUT2D eigenvalue weighted by atomic mass is 10.2. The zero-order chi connectivity index (χ0) is 22.6. The fourth-order valence-corrected chi connectivity index (χ4v) is 3.73. The number of hydrogen-bond donors (Lipinski definition) is 2. The summed E-state index contributed by atoms with van der Waals surface area (Å²) in [5.41, 5.74) is 3.66. The molecular weight excluding hydrogens is 414 g/mol. The molecule has 5 aromatic rings. The van der Waals surface area contributed by atoms with Crippen LogP contribution in [0.1, 0.15) is 5.69 Å². The van der Waals surface area contributed by atoms with Gasteiger partial charge < -0.3 is 24.5 Å². The Kier molecular flexibility index (Phi) is 5.51. The predicted octanol–water partition coefficient (Wildman–Crippen LogP) is 5.86. The van der Waals surface area contributed by atoms with Crippen LogP contribution in [0.3, 0.4) is 0 Å². The number of fused-ring (bicyclic) bond motifs is 1. The van der Waals surface area contributed by atoms with Gasteiger partial charge in [-0.3, -0.25) is 0 Å². The molecule has 164 valence electrons. The van der Waals surface area contributed by atoms with Gasteiger partial charge in [0, 0.05) is 47.4 Å². The van der Waals surface area contributed by atoms with Crippen molar-refractivity contribution < 1.29 is 9.53 Å². The van der Waals surface area contributed by atoms with Crippen molar-refractivity contribution in [1.29, 1.82) is 0 Å². The van der Waals surface area contributed by atoms with E-state index < -0.39 is 0 Å². The summed E-state index contributed by atoms with van der Waals surface area (Å²) < 4.78 is 9.96. The minimum absolute atomic E-state index is 0.305. The molecule has 7 nitrogen and oxygen atoms in total. The molecule has 0 aliphatic carbocycles. The van der Waals surface area contributed by atoms with Crippen molar-refractivity contribution in [2.24, 2.45) is 7.05 Å². The van der Waals surface area contributed by atoms with Gasteiger partial charge in [0.1, 0.15) is 11.5 Å². The third kappa shape index (κ3) is 4.72. The number of nitrogens with one attached hydrogen (secondary N) is 2. The summed E-state index contributed by atoms with van der Waals surface area (Å²) in [6.07, 6.45) is 5.51. The molecule has 0 bridgehead atoms. The lowest BCUT2D eigenvalue weighted by molar-refractivity contribution is 0.262. The number of hydrogen-bond acceptors (Lipinski definition) is 3. The van der Waals surface area contributed by atoms with Crippen molar-refractivity contribution in [1.82, 2.24) is 14.1 Å². The lowest BCUT2D eigenvalue weighted by Crippen LogP contribution is -2.19. The number of urea groups is 1. The summed E-state index contributed by atoms with van der Waals surface area (Å²) >= 11 is 0. The molecule has 0 saturated heterocycles. The zero-order valence-corrected chi connectivity index (χ0v) is 18.1. The number of amides is 2. The first-order valence-corrected chi connectivity index (χ1v) is 10.6. The lowest BCUT2D eigenvalue weighted by Gasteiger charge is -2.10. The van der Waals surface area contributed by atoms with Gasteiger partial charge in [0.2, 0.25) is 0 Å². The summed E-state index contributed by atoms with van der Waals surface area (Å²) in [6.45, 7) is 0.735. The second-order valence-corrected chi connectivity index (χ2v) is 7.72. The molecule has 0 spiro atoms. The Hall–Kier alpha value is -4.52. The number of nitrogens with zero attached hydrogens (tertiary/aromatic N) is 3. The molecule has 5 rings (SSSR count). The summed E-state index contributed by atoms with van der Waals surface area (Å²) in [4.78, 5) is 16.6. The highest BCUT2D eigenvalue weighted by atomic mass is 16.5. The van der Waals surface area contributed by atoms with Gasteiger partial charge in [0.15, 0.2) is 0 Å². The number of benzene rings is 3. The number of ether oxygens (including phenoxy) is 1. The quantitative estimate of drug-likeness (QED) is 0.349. The van der Waals surface area contributed by atoms with E-state index in [9.17, 15) is 4.79 Å². The summed E-state index contributed by atoms with van der Waals surface area (Å²) in [6, 6.07) is 24.5. The zero-order valence-electron chi connectivity index (χ0n) is 18.1. The van der Waals surface area contributed by atoms with Crippen LogP contribution in [0.15, 0.2) is 97.6 Å². The largest absolute Gasteiger partial charge is 0.457 e. The van der Waals surface area contributed by atoms with E-state index in [1.165, 1.54) is 0 Å². The smallest absolute Gasteiger partial charge is 0.323 e. The van der Waals surface area contributed by atoms with E-state index in [-0.39, 0.29) is 6.03 Å². The maximum absolute atomic E-state index is 12.5. The molecule has 0 aliphatic heterocycles. The summed E-state index contributed by atoms with van der Waals surface area (Å²) in [5.74, 6) is 1.47. The van der Waals surface area contributed by atoms with Crippen LogP contribution in [0.4, 0.5) is 16.2 Å².